The van der Waals surface area contributed by atoms with Crippen LogP contribution in [-0.2, 0) is 23.1 Å². The van der Waals surface area contributed by atoms with E-state index in [0.29, 0.717) is 16.2 Å². The quantitative estimate of drug-likeness (QED) is 0.265. The number of thiophene rings is 1. The second-order valence-corrected chi connectivity index (χ2v) is 9.68. The highest BCUT2D eigenvalue weighted by molar-refractivity contribution is 7.21. The molecule has 0 unspecified atom stereocenters. The van der Waals surface area contributed by atoms with Crippen LogP contribution in [0.15, 0.2) is 65.6 Å². The molecule has 4 rings (SSSR count). The number of hydrogen-bond donors (Lipinski definition) is 0. The number of aryl methyl sites for hydroxylation is 1. The average Bonchev–Trinajstić information content (AvgIpc) is 3.37. The summed E-state index contributed by atoms with van der Waals surface area (Å²) in [6, 6.07) is 14.4. The molecular weight excluding hydrogens is 514 g/mol. The molecule has 1 amide bonds. The summed E-state index contributed by atoms with van der Waals surface area (Å²) < 4.78 is 38.5. The minimum atomic E-state index is -2.59. The van der Waals surface area contributed by atoms with Crippen molar-refractivity contribution in [3.8, 4) is 16.9 Å². The summed E-state index contributed by atoms with van der Waals surface area (Å²) in [7, 11) is 4.49. The van der Waals surface area contributed by atoms with Gasteiger partial charge in [0.05, 0.1) is 25.5 Å². The standard InChI is InChI=1S/C28H26F2N2O5S/c1-31-16-19(8-11-24(31)33)20-9-10-22(36-2)21-14-23(38-26(20)21)28(35)32(13-12-25(34)37-3)15-17-4-6-18(7-5-17)27(29)30/h4-11,14,16,27H,12-13,15H2,1-3H3. The molecular formula is C28H26F2N2O5S. The number of fused-ring (bicyclic) bond motifs is 1. The van der Waals surface area contributed by atoms with E-state index >= 15 is 0 Å². The maximum Gasteiger partial charge on any atom is 0.307 e. The number of alkyl halides is 2. The molecule has 10 heteroatoms. The molecule has 2 aromatic heterocycles. The second kappa shape index (κ2) is 11.6. The smallest absolute Gasteiger partial charge is 0.307 e. The molecule has 198 valence electrons. The van der Waals surface area contributed by atoms with Crippen LogP contribution >= 0.6 is 11.3 Å². The fraction of sp³-hybridized carbons (Fsp3) is 0.250. The van der Waals surface area contributed by atoms with E-state index in [1.807, 2.05) is 12.1 Å². The Balaban J connectivity index is 1.73. The first-order valence-electron chi connectivity index (χ1n) is 11.7. The van der Waals surface area contributed by atoms with Crippen LogP contribution in [0, 0.1) is 0 Å². The van der Waals surface area contributed by atoms with Gasteiger partial charge in [-0.1, -0.05) is 24.3 Å². The molecule has 0 saturated heterocycles. The summed E-state index contributed by atoms with van der Waals surface area (Å²) >= 11 is 1.28. The lowest BCUT2D eigenvalue weighted by Crippen LogP contribution is -2.32. The summed E-state index contributed by atoms with van der Waals surface area (Å²) in [5.74, 6) is -0.195. The van der Waals surface area contributed by atoms with E-state index in [4.69, 9.17) is 9.47 Å². The number of methoxy groups -OCH3 is 2. The van der Waals surface area contributed by atoms with Crippen LogP contribution in [0.2, 0.25) is 0 Å². The SMILES string of the molecule is COC(=O)CCN(Cc1ccc(C(F)F)cc1)C(=O)c1cc2c(OC)ccc(-c3ccc(=O)n(C)c3)c2s1. The highest BCUT2D eigenvalue weighted by Gasteiger charge is 2.22. The van der Waals surface area contributed by atoms with Crippen molar-refractivity contribution >= 4 is 33.3 Å². The Morgan fingerprint density at radius 1 is 1.05 bits per heavy atom. The minimum Gasteiger partial charge on any atom is -0.496 e. The van der Waals surface area contributed by atoms with Gasteiger partial charge >= 0.3 is 5.97 Å². The van der Waals surface area contributed by atoms with E-state index in [9.17, 15) is 23.2 Å². The van der Waals surface area contributed by atoms with Crippen LogP contribution in [0.5, 0.6) is 5.75 Å². The van der Waals surface area contributed by atoms with Crippen LogP contribution in [0.4, 0.5) is 8.78 Å². The third kappa shape index (κ3) is 5.75. The lowest BCUT2D eigenvalue weighted by molar-refractivity contribution is -0.140. The van der Waals surface area contributed by atoms with Gasteiger partial charge in [0.2, 0.25) is 5.56 Å². The molecule has 2 aromatic carbocycles. The number of amides is 1. The highest BCUT2D eigenvalue weighted by Crippen LogP contribution is 2.40. The predicted octanol–water partition coefficient (Wildman–Crippen LogP) is 5.42. The number of carbonyl (C=O) groups excluding carboxylic acids is 2. The molecule has 0 atom stereocenters. The van der Waals surface area contributed by atoms with Gasteiger partial charge in [-0.2, -0.15) is 0 Å². The molecule has 38 heavy (non-hydrogen) atoms. The zero-order valence-corrected chi connectivity index (χ0v) is 21.9. The van der Waals surface area contributed by atoms with Gasteiger partial charge in [0.25, 0.3) is 12.3 Å². The molecule has 0 spiro atoms. The number of hydrogen-bond acceptors (Lipinski definition) is 6. The Kier molecular flexibility index (Phi) is 8.21. The lowest BCUT2D eigenvalue weighted by atomic mass is 10.0. The van der Waals surface area contributed by atoms with Crippen LogP contribution in [0.3, 0.4) is 0 Å². The monoisotopic (exact) mass is 540 g/mol. The molecule has 2 heterocycles. The molecule has 0 fully saturated rings. The fourth-order valence-corrected chi connectivity index (χ4v) is 5.27. The first-order valence-corrected chi connectivity index (χ1v) is 12.5. The lowest BCUT2D eigenvalue weighted by Gasteiger charge is -2.22. The number of ether oxygens (including phenoxy) is 2. The Morgan fingerprint density at radius 2 is 1.79 bits per heavy atom. The van der Waals surface area contributed by atoms with Gasteiger partial charge in [0, 0.05) is 53.6 Å². The van der Waals surface area contributed by atoms with Gasteiger partial charge < -0.3 is 18.9 Å². The molecule has 0 bridgehead atoms. The zero-order chi connectivity index (χ0) is 27.4. The second-order valence-electron chi connectivity index (χ2n) is 8.63. The van der Waals surface area contributed by atoms with Gasteiger partial charge in [0.1, 0.15) is 5.75 Å². The number of nitrogens with zero attached hydrogens (tertiary/aromatic N) is 2. The first kappa shape index (κ1) is 27.0. The van der Waals surface area contributed by atoms with Gasteiger partial charge in [-0.15, -0.1) is 11.3 Å². The van der Waals surface area contributed by atoms with Crippen molar-refractivity contribution in [1.82, 2.24) is 9.47 Å². The van der Waals surface area contributed by atoms with Crippen LogP contribution in [0.1, 0.15) is 33.6 Å². The summed E-state index contributed by atoms with van der Waals surface area (Å²) in [5.41, 5.74) is 2.05. The molecule has 7 nitrogen and oxygen atoms in total. The Morgan fingerprint density at radius 3 is 2.42 bits per heavy atom. The third-order valence-electron chi connectivity index (χ3n) is 6.18. The van der Waals surface area contributed by atoms with Crippen LogP contribution in [0.25, 0.3) is 21.2 Å². The molecule has 0 aliphatic carbocycles. The van der Waals surface area contributed by atoms with Crippen LogP contribution in [-0.4, -0.2) is 42.1 Å². The first-order chi connectivity index (χ1) is 18.2. The zero-order valence-electron chi connectivity index (χ0n) is 21.1. The van der Waals surface area contributed by atoms with Crippen molar-refractivity contribution in [3.05, 3.63) is 87.2 Å². The van der Waals surface area contributed by atoms with E-state index < -0.39 is 12.4 Å². The molecule has 0 N–H and O–H groups in total. The van der Waals surface area contributed by atoms with E-state index in [-0.39, 0.29) is 36.5 Å². The summed E-state index contributed by atoms with van der Waals surface area (Å²) in [4.78, 5) is 39.4. The maximum atomic E-state index is 13.7. The van der Waals surface area contributed by atoms with Crippen molar-refractivity contribution in [2.75, 3.05) is 20.8 Å². The maximum absolute atomic E-state index is 13.7. The number of benzene rings is 2. The van der Waals surface area contributed by atoms with Gasteiger partial charge in [-0.25, -0.2) is 8.78 Å². The van der Waals surface area contributed by atoms with Gasteiger partial charge in [-0.05, 0) is 35.4 Å². The average molecular weight is 541 g/mol. The summed E-state index contributed by atoms with van der Waals surface area (Å²) in [5, 5.41) is 0.737. The summed E-state index contributed by atoms with van der Waals surface area (Å²) in [6.07, 6.45) is -0.873. The van der Waals surface area contributed by atoms with Gasteiger partial charge in [0.15, 0.2) is 0 Å². The van der Waals surface area contributed by atoms with E-state index in [0.717, 1.165) is 21.2 Å². The minimum absolute atomic E-state index is 0.0190. The predicted molar refractivity (Wildman–Crippen MR) is 142 cm³/mol. The molecule has 0 radical (unpaired) electrons. The van der Waals surface area contributed by atoms with Crippen molar-refractivity contribution in [3.63, 3.8) is 0 Å². The molecule has 0 aliphatic heterocycles. The van der Waals surface area contributed by atoms with E-state index in [1.165, 1.54) is 46.1 Å². The fourth-order valence-electron chi connectivity index (χ4n) is 4.09. The topological polar surface area (TPSA) is 77.8 Å². The molecule has 0 saturated carbocycles. The Hall–Kier alpha value is -4.05. The number of halogens is 2. The molecule has 4 aromatic rings. The van der Waals surface area contributed by atoms with Crippen molar-refractivity contribution < 1.29 is 27.8 Å². The van der Waals surface area contributed by atoms with Gasteiger partial charge in [-0.3, -0.25) is 14.4 Å². The Labute approximate surface area is 221 Å². The van der Waals surface area contributed by atoms with Crippen molar-refractivity contribution in [2.24, 2.45) is 7.05 Å². The largest absolute Gasteiger partial charge is 0.496 e. The van der Waals surface area contributed by atoms with E-state index in [1.54, 1.807) is 44.6 Å². The van der Waals surface area contributed by atoms with Crippen molar-refractivity contribution in [1.29, 1.82) is 0 Å². The Bertz CT molecular complexity index is 1530. The highest BCUT2D eigenvalue weighted by atomic mass is 32.1. The van der Waals surface area contributed by atoms with Crippen molar-refractivity contribution in [2.45, 2.75) is 19.4 Å². The van der Waals surface area contributed by atoms with E-state index in [2.05, 4.69) is 0 Å². The summed E-state index contributed by atoms with van der Waals surface area (Å²) in [6.45, 7) is 0.208. The third-order valence-corrected chi connectivity index (χ3v) is 7.33. The number of carbonyl (C=O) groups is 2. The number of rotatable bonds is 9. The number of aromatic nitrogens is 1. The number of esters is 1. The number of pyridine rings is 1. The normalized spacial score (nSPS) is 11.1. The molecule has 0 aliphatic rings. The van der Waals surface area contributed by atoms with Crippen LogP contribution < -0.4 is 10.3 Å².